The third-order valence-corrected chi connectivity index (χ3v) is 11.5. The molecular formula is C47H74N2O4. The Balaban J connectivity index is 0.00000756. The lowest BCUT2D eigenvalue weighted by Gasteiger charge is -2.32. The Kier molecular flexibility index (Phi) is 21.0. The molecule has 0 aliphatic carbocycles. The first-order valence-electron chi connectivity index (χ1n) is 21.8. The first kappa shape index (κ1) is 44.4. The van der Waals surface area contributed by atoms with Crippen LogP contribution in [0.3, 0.4) is 0 Å². The van der Waals surface area contributed by atoms with Crippen LogP contribution in [0.5, 0.6) is 0 Å². The number of amides is 4. The van der Waals surface area contributed by atoms with E-state index < -0.39 is 0 Å². The molecular weight excluding hydrogens is 657 g/mol. The second-order valence-corrected chi connectivity index (χ2v) is 15.8. The molecule has 0 unspecified atom stereocenters. The highest BCUT2D eigenvalue weighted by atomic mass is 16.2. The summed E-state index contributed by atoms with van der Waals surface area (Å²) >= 11 is 0. The second kappa shape index (κ2) is 25.1. The Morgan fingerprint density at radius 3 is 0.717 bits per heavy atom. The van der Waals surface area contributed by atoms with Gasteiger partial charge >= 0.3 is 0 Å². The molecule has 2 aliphatic heterocycles. The van der Waals surface area contributed by atoms with Crippen LogP contribution in [0.15, 0.2) is 24.3 Å². The predicted octanol–water partition coefficient (Wildman–Crippen LogP) is 13.6. The SMILES string of the molecule is C.CCCCCCCCCCCCCCCCN1C(=O)c2ccc3c4c(ccc(c24)C1=O)C(=O)N(CCCCCCCCCCCCCCCC)C3=O. The summed E-state index contributed by atoms with van der Waals surface area (Å²) in [5.74, 6) is -1.28. The number of rotatable bonds is 30. The maximum atomic E-state index is 13.6. The Morgan fingerprint density at radius 1 is 0.321 bits per heavy atom. The predicted molar refractivity (Wildman–Crippen MR) is 222 cm³/mol. The summed E-state index contributed by atoms with van der Waals surface area (Å²) in [6, 6.07) is 6.76. The second-order valence-electron chi connectivity index (χ2n) is 15.8. The van der Waals surface area contributed by atoms with E-state index in [0.717, 1.165) is 38.5 Å². The molecule has 0 spiro atoms. The van der Waals surface area contributed by atoms with Gasteiger partial charge in [0, 0.05) is 46.1 Å². The van der Waals surface area contributed by atoms with Gasteiger partial charge in [0.05, 0.1) is 0 Å². The molecule has 2 aromatic carbocycles. The lowest BCUT2D eigenvalue weighted by atomic mass is 9.86. The minimum Gasteiger partial charge on any atom is -0.274 e. The van der Waals surface area contributed by atoms with E-state index in [0.29, 0.717) is 46.1 Å². The zero-order valence-corrected chi connectivity index (χ0v) is 33.1. The monoisotopic (exact) mass is 731 g/mol. The zero-order valence-electron chi connectivity index (χ0n) is 33.1. The fraction of sp³-hybridized carbons (Fsp3) is 0.702. The van der Waals surface area contributed by atoms with Crippen LogP contribution in [0.2, 0.25) is 0 Å². The average molecular weight is 731 g/mol. The van der Waals surface area contributed by atoms with Crippen molar-refractivity contribution in [1.29, 1.82) is 0 Å². The number of imide groups is 2. The molecule has 2 aliphatic rings. The third kappa shape index (κ3) is 13.1. The van der Waals surface area contributed by atoms with Crippen molar-refractivity contribution in [3.8, 4) is 0 Å². The lowest BCUT2D eigenvalue weighted by Crippen LogP contribution is -2.43. The fourth-order valence-corrected chi connectivity index (χ4v) is 8.31. The molecule has 4 rings (SSSR count). The van der Waals surface area contributed by atoms with Crippen LogP contribution < -0.4 is 0 Å². The lowest BCUT2D eigenvalue weighted by molar-refractivity contribution is 0.0586. The van der Waals surface area contributed by atoms with Gasteiger partial charge in [-0.1, -0.05) is 188 Å². The van der Waals surface area contributed by atoms with E-state index in [2.05, 4.69) is 13.8 Å². The van der Waals surface area contributed by atoms with Crippen molar-refractivity contribution in [3.63, 3.8) is 0 Å². The van der Waals surface area contributed by atoms with E-state index in [1.807, 2.05) is 0 Å². The molecule has 6 nitrogen and oxygen atoms in total. The first-order chi connectivity index (χ1) is 25.5. The van der Waals surface area contributed by atoms with Gasteiger partial charge in [-0.15, -0.1) is 0 Å². The maximum absolute atomic E-state index is 13.6. The van der Waals surface area contributed by atoms with Crippen molar-refractivity contribution in [3.05, 3.63) is 46.5 Å². The molecule has 2 aromatic rings. The van der Waals surface area contributed by atoms with Crippen molar-refractivity contribution in [2.75, 3.05) is 13.1 Å². The van der Waals surface area contributed by atoms with E-state index >= 15 is 0 Å². The van der Waals surface area contributed by atoms with Gasteiger partial charge in [-0.25, -0.2) is 0 Å². The summed E-state index contributed by atoms with van der Waals surface area (Å²) in [5, 5.41) is 0.945. The Morgan fingerprint density at radius 2 is 0.509 bits per heavy atom. The van der Waals surface area contributed by atoms with Gasteiger partial charge in [-0.3, -0.25) is 29.0 Å². The number of unbranched alkanes of at least 4 members (excludes halogenated alkanes) is 26. The van der Waals surface area contributed by atoms with Gasteiger partial charge < -0.3 is 0 Å². The summed E-state index contributed by atoms with van der Waals surface area (Å²) < 4.78 is 0. The molecule has 0 saturated heterocycles. The maximum Gasteiger partial charge on any atom is 0.261 e. The highest BCUT2D eigenvalue weighted by Gasteiger charge is 2.39. The molecule has 2 heterocycles. The first-order valence-corrected chi connectivity index (χ1v) is 21.8. The molecule has 0 saturated carbocycles. The fourth-order valence-electron chi connectivity index (χ4n) is 8.31. The van der Waals surface area contributed by atoms with Crippen molar-refractivity contribution in [2.24, 2.45) is 0 Å². The van der Waals surface area contributed by atoms with Crippen LogP contribution in [0.4, 0.5) is 0 Å². The van der Waals surface area contributed by atoms with Gasteiger partial charge in [-0.05, 0) is 37.1 Å². The normalized spacial score (nSPS) is 13.8. The summed E-state index contributed by atoms with van der Waals surface area (Å²) in [6.45, 7) is 5.31. The Bertz CT molecular complexity index is 1250. The smallest absolute Gasteiger partial charge is 0.261 e. The van der Waals surface area contributed by atoms with Crippen LogP contribution in [-0.2, 0) is 0 Å². The highest BCUT2D eigenvalue weighted by molar-refractivity contribution is 6.33. The van der Waals surface area contributed by atoms with Gasteiger partial charge in [-0.2, -0.15) is 0 Å². The third-order valence-electron chi connectivity index (χ3n) is 11.5. The summed E-state index contributed by atoms with van der Waals surface area (Å²) in [6.07, 6.45) is 35.0. The molecule has 0 N–H and O–H groups in total. The van der Waals surface area contributed by atoms with Crippen LogP contribution >= 0.6 is 0 Å². The van der Waals surface area contributed by atoms with E-state index in [1.54, 1.807) is 24.3 Å². The van der Waals surface area contributed by atoms with Gasteiger partial charge in [0.2, 0.25) is 0 Å². The summed E-state index contributed by atoms with van der Waals surface area (Å²) in [4.78, 5) is 57.2. The van der Waals surface area contributed by atoms with Crippen molar-refractivity contribution in [1.82, 2.24) is 9.80 Å². The molecule has 0 radical (unpaired) electrons. The molecule has 53 heavy (non-hydrogen) atoms. The topological polar surface area (TPSA) is 74.8 Å². The largest absolute Gasteiger partial charge is 0.274 e. The number of hydrogen-bond acceptors (Lipinski definition) is 4. The van der Waals surface area contributed by atoms with Crippen LogP contribution in [-0.4, -0.2) is 46.5 Å². The number of hydrogen-bond donors (Lipinski definition) is 0. The van der Waals surface area contributed by atoms with Crippen molar-refractivity contribution in [2.45, 2.75) is 201 Å². The minimum absolute atomic E-state index is 0. The molecule has 0 aromatic heterocycles. The van der Waals surface area contributed by atoms with E-state index in [-0.39, 0.29) is 31.1 Å². The molecule has 4 amide bonds. The zero-order chi connectivity index (χ0) is 37.0. The molecule has 0 bridgehead atoms. The van der Waals surface area contributed by atoms with Crippen molar-refractivity contribution < 1.29 is 19.2 Å². The number of carbonyl (C=O) groups is 4. The Hall–Kier alpha value is -3.02. The summed E-state index contributed by atoms with van der Waals surface area (Å²) in [5.41, 5.74) is 1.67. The van der Waals surface area contributed by atoms with Gasteiger partial charge in [0.25, 0.3) is 23.6 Å². The number of benzene rings is 2. The summed E-state index contributed by atoms with van der Waals surface area (Å²) in [7, 11) is 0. The van der Waals surface area contributed by atoms with Crippen LogP contribution in [0.25, 0.3) is 10.8 Å². The van der Waals surface area contributed by atoms with E-state index in [1.165, 1.54) is 151 Å². The quantitative estimate of drug-likeness (QED) is 0.0592. The van der Waals surface area contributed by atoms with Crippen molar-refractivity contribution >= 4 is 34.4 Å². The number of carbonyl (C=O) groups excluding carboxylic acids is 4. The standard InChI is InChI=1S/C46H70N2O4.CH4/c1-3-5-7-9-11-13-15-17-19-21-23-25-27-29-35-47-43(49)37-31-33-39-42-40(34-32-38(41(37)42)44(47)50)46(52)48(45(39)51)36-30-28-26-24-22-20-18-16-14-12-10-8-6-4-2;/h31-34H,3-30,35-36H2,1-2H3;1H4. The van der Waals surface area contributed by atoms with Gasteiger partial charge in [0.1, 0.15) is 0 Å². The molecule has 296 valence electrons. The molecule has 6 heteroatoms. The number of nitrogens with zero attached hydrogens (tertiary/aromatic N) is 2. The Labute approximate surface area is 323 Å². The van der Waals surface area contributed by atoms with Crippen LogP contribution in [0.1, 0.15) is 242 Å². The van der Waals surface area contributed by atoms with E-state index in [4.69, 9.17) is 0 Å². The molecule has 0 fully saturated rings. The molecule has 0 atom stereocenters. The minimum atomic E-state index is -0.319. The average Bonchev–Trinajstić information content (AvgIpc) is 3.15. The van der Waals surface area contributed by atoms with E-state index in [9.17, 15) is 19.2 Å². The van der Waals surface area contributed by atoms with Gasteiger partial charge in [0.15, 0.2) is 0 Å². The highest BCUT2D eigenvalue weighted by Crippen LogP contribution is 2.38. The van der Waals surface area contributed by atoms with Crippen LogP contribution in [0, 0.1) is 0 Å².